The van der Waals surface area contributed by atoms with Gasteiger partial charge in [0.2, 0.25) is 0 Å². The minimum Gasteiger partial charge on any atom is -0.469 e. The van der Waals surface area contributed by atoms with Gasteiger partial charge in [-0.15, -0.1) is 0 Å². The van der Waals surface area contributed by atoms with Gasteiger partial charge in [0.05, 0.1) is 21.3 Å². The summed E-state index contributed by atoms with van der Waals surface area (Å²) < 4.78 is 25.4. The largest absolute Gasteiger partial charge is 0.469 e. The summed E-state index contributed by atoms with van der Waals surface area (Å²) in [4.78, 5) is 66.6. The van der Waals surface area contributed by atoms with Crippen LogP contribution in [0.4, 0.5) is 5.69 Å². The van der Waals surface area contributed by atoms with Gasteiger partial charge in [-0.1, -0.05) is 48.5 Å². The van der Waals surface area contributed by atoms with Crippen LogP contribution in [-0.4, -0.2) is 57.7 Å². The van der Waals surface area contributed by atoms with Gasteiger partial charge in [-0.3, -0.25) is 9.59 Å². The number of hydrogen-bond acceptors (Lipinski definition) is 12. The van der Waals surface area contributed by atoms with Crippen molar-refractivity contribution in [2.24, 2.45) is 5.73 Å². The predicted molar refractivity (Wildman–Crippen MR) is 137 cm³/mol. The Balaban J connectivity index is 1.89. The van der Waals surface area contributed by atoms with Crippen molar-refractivity contribution in [2.75, 3.05) is 32.8 Å². The lowest BCUT2D eigenvalue weighted by Gasteiger charge is -2.40. The van der Waals surface area contributed by atoms with Crippen LogP contribution in [0.1, 0.15) is 17.5 Å². The van der Waals surface area contributed by atoms with E-state index in [1.807, 2.05) is 6.07 Å². The molecule has 0 saturated carbocycles. The molecule has 1 atom stereocenters. The molecule has 1 unspecified atom stereocenters. The molecule has 2 aromatic rings. The molecule has 0 radical (unpaired) electrons. The van der Waals surface area contributed by atoms with Crippen LogP contribution < -0.4 is 10.6 Å². The Kier molecular flexibility index (Phi) is 7.89. The molecule has 0 fully saturated rings. The van der Waals surface area contributed by atoms with Crippen LogP contribution in [0.3, 0.4) is 0 Å². The summed E-state index contributed by atoms with van der Waals surface area (Å²) >= 11 is 0. The molecular weight excluding hydrogens is 524 g/mol. The summed E-state index contributed by atoms with van der Waals surface area (Å²) in [5.41, 5.74) is 4.33. The van der Waals surface area contributed by atoms with Crippen molar-refractivity contribution in [3.05, 3.63) is 88.5 Å². The maximum Gasteiger partial charge on any atom is 0.339 e. The number of para-hydroxylation sites is 1. The van der Waals surface area contributed by atoms with E-state index in [4.69, 9.17) is 24.7 Å². The van der Waals surface area contributed by atoms with Gasteiger partial charge in [-0.25, -0.2) is 14.4 Å². The monoisotopic (exact) mass is 550 g/mol. The van der Waals surface area contributed by atoms with E-state index in [9.17, 15) is 24.0 Å². The number of ether oxygens (including phenoxy) is 5. The summed E-state index contributed by atoms with van der Waals surface area (Å²) in [5, 5.41) is 0. The first-order valence-corrected chi connectivity index (χ1v) is 12.0. The second-order valence-electron chi connectivity index (χ2n) is 8.68. The number of benzene rings is 2. The van der Waals surface area contributed by atoms with Crippen molar-refractivity contribution >= 4 is 35.5 Å². The van der Waals surface area contributed by atoms with E-state index in [0.29, 0.717) is 0 Å². The Morgan fingerprint density at radius 3 is 2.12 bits per heavy atom. The first kappa shape index (κ1) is 27.9. The van der Waals surface area contributed by atoms with E-state index in [1.165, 1.54) is 11.0 Å². The highest BCUT2D eigenvalue weighted by Crippen LogP contribution is 2.54. The smallest absolute Gasteiger partial charge is 0.339 e. The second-order valence-corrected chi connectivity index (χ2v) is 8.68. The highest BCUT2D eigenvalue weighted by atomic mass is 16.6. The molecule has 2 aliphatic heterocycles. The molecule has 2 heterocycles. The summed E-state index contributed by atoms with van der Waals surface area (Å²) in [6.07, 6.45) is -0.611. The average Bonchev–Trinajstić information content (AvgIpc) is 3.25. The van der Waals surface area contributed by atoms with Gasteiger partial charge in [0.1, 0.15) is 42.3 Å². The van der Waals surface area contributed by atoms with Crippen LogP contribution in [0.25, 0.3) is 0 Å². The number of rotatable bonds is 8. The van der Waals surface area contributed by atoms with Gasteiger partial charge in [0.25, 0.3) is 0 Å². The Bertz CT molecular complexity index is 1450. The Hall–Kier alpha value is -5.13. The number of fused-ring (bicyclic) bond motifs is 2. The number of methoxy groups -OCH3 is 3. The molecule has 2 aliphatic rings. The molecule has 1 spiro atoms. The van der Waals surface area contributed by atoms with Gasteiger partial charge in [-0.2, -0.15) is 0 Å². The summed E-state index contributed by atoms with van der Waals surface area (Å²) in [6, 6.07) is 15.2. The second kappa shape index (κ2) is 11.3. The summed E-state index contributed by atoms with van der Waals surface area (Å²) in [7, 11) is 3.25. The molecule has 12 heteroatoms. The number of nitrogens with zero attached hydrogens (tertiary/aromatic N) is 1. The van der Waals surface area contributed by atoms with E-state index in [0.717, 1.165) is 26.9 Å². The van der Waals surface area contributed by atoms with E-state index in [2.05, 4.69) is 4.74 Å². The number of cyclic esters (lactones) is 1. The number of carbonyl (C=O) groups is 5. The zero-order valence-electron chi connectivity index (χ0n) is 21.9. The first-order valence-electron chi connectivity index (χ1n) is 12.0. The maximum absolute atomic E-state index is 13.8. The third-order valence-electron chi connectivity index (χ3n) is 6.54. The Morgan fingerprint density at radius 2 is 1.48 bits per heavy atom. The van der Waals surface area contributed by atoms with Crippen LogP contribution in [0, 0.1) is 0 Å². The summed E-state index contributed by atoms with van der Waals surface area (Å²) in [5.74, 6) is -5.45. The van der Waals surface area contributed by atoms with Crippen LogP contribution in [0.15, 0.2) is 77.3 Å². The molecular formula is C28H26N2O10. The molecule has 0 aliphatic carbocycles. The quantitative estimate of drug-likeness (QED) is 0.372. The van der Waals surface area contributed by atoms with Gasteiger partial charge in [0.15, 0.2) is 5.41 Å². The molecule has 2 aromatic carbocycles. The average molecular weight is 551 g/mol. The fraction of sp³-hybridized carbons (Fsp3) is 0.250. The zero-order chi connectivity index (χ0) is 29.0. The zero-order valence-corrected chi connectivity index (χ0v) is 21.9. The molecule has 2 N–H and O–H groups in total. The molecule has 12 nitrogen and oxygen atoms in total. The van der Waals surface area contributed by atoms with E-state index in [-0.39, 0.29) is 29.4 Å². The molecule has 0 saturated heterocycles. The normalized spacial score (nSPS) is 17.8. The van der Waals surface area contributed by atoms with Gasteiger partial charge in [0, 0.05) is 11.3 Å². The van der Waals surface area contributed by atoms with Crippen LogP contribution in [0.2, 0.25) is 0 Å². The van der Waals surface area contributed by atoms with Crippen LogP contribution >= 0.6 is 0 Å². The lowest BCUT2D eigenvalue weighted by atomic mass is 9.66. The number of hydrogen-bond donors (Lipinski definition) is 1. The highest BCUT2D eigenvalue weighted by molar-refractivity contribution is 6.16. The third kappa shape index (κ3) is 4.64. The van der Waals surface area contributed by atoms with Gasteiger partial charge in [-0.05, 0) is 11.6 Å². The lowest BCUT2D eigenvalue weighted by Crippen LogP contribution is -2.51. The van der Waals surface area contributed by atoms with Crippen molar-refractivity contribution in [1.82, 2.24) is 0 Å². The van der Waals surface area contributed by atoms with Crippen LogP contribution in [-0.2, 0) is 59.7 Å². The number of carbonyl (C=O) groups excluding carboxylic acids is 5. The number of esters is 5. The van der Waals surface area contributed by atoms with E-state index < -0.39 is 59.4 Å². The topological polar surface area (TPSA) is 161 Å². The fourth-order valence-corrected chi connectivity index (χ4v) is 4.78. The van der Waals surface area contributed by atoms with Gasteiger partial charge >= 0.3 is 29.8 Å². The molecule has 0 amide bonds. The van der Waals surface area contributed by atoms with Crippen LogP contribution in [0.5, 0.6) is 0 Å². The fourth-order valence-electron chi connectivity index (χ4n) is 4.78. The van der Waals surface area contributed by atoms with E-state index >= 15 is 0 Å². The standard InChI is InChI=1S/C28H26N2O10/c1-36-20(31)13-19-22(25(33)37-2)28(27(35)40-19)17-11-7-8-12-18(17)30(24(29)23(28)26(34)38-3)14-21(32)39-15-16-9-5-4-6-10-16/h4-12H,13-15,29H2,1-3H3. The van der Waals surface area contributed by atoms with Crippen molar-refractivity contribution in [3.63, 3.8) is 0 Å². The third-order valence-corrected chi connectivity index (χ3v) is 6.54. The van der Waals surface area contributed by atoms with Crippen molar-refractivity contribution in [1.29, 1.82) is 0 Å². The maximum atomic E-state index is 13.8. The molecule has 0 aromatic heterocycles. The highest BCUT2D eigenvalue weighted by Gasteiger charge is 2.64. The van der Waals surface area contributed by atoms with Crippen molar-refractivity contribution < 1.29 is 47.7 Å². The summed E-state index contributed by atoms with van der Waals surface area (Å²) in [6.45, 7) is -0.460. The lowest BCUT2D eigenvalue weighted by molar-refractivity contribution is -0.147. The molecule has 208 valence electrons. The molecule has 40 heavy (non-hydrogen) atoms. The van der Waals surface area contributed by atoms with E-state index in [1.54, 1.807) is 42.5 Å². The number of anilines is 1. The van der Waals surface area contributed by atoms with Crippen molar-refractivity contribution in [2.45, 2.75) is 18.4 Å². The van der Waals surface area contributed by atoms with Crippen molar-refractivity contribution in [3.8, 4) is 0 Å². The first-order chi connectivity index (χ1) is 19.2. The SMILES string of the molecule is COC(=O)CC1=C(C(=O)OC)C2(C(=O)O1)C(C(=O)OC)=C(N)N(CC(=O)OCc1ccccc1)c1ccccc12. The van der Waals surface area contributed by atoms with Gasteiger partial charge < -0.3 is 34.3 Å². The minimum atomic E-state index is -2.27. The predicted octanol–water partition coefficient (Wildman–Crippen LogP) is 1.38. The Labute approximate surface area is 228 Å². The Morgan fingerprint density at radius 1 is 0.850 bits per heavy atom. The minimum absolute atomic E-state index is 0.00891. The number of nitrogens with two attached hydrogens (primary N) is 1. The molecule has 4 rings (SSSR count). The molecule has 0 bridgehead atoms.